The molecule has 1 heterocycles. The zero-order valence-electron chi connectivity index (χ0n) is 8.53. The molecule has 1 aromatic heterocycles. The minimum Gasteiger partial charge on any atom is -0.360 e. The second kappa shape index (κ2) is 3.08. The summed E-state index contributed by atoms with van der Waals surface area (Å²) in [6.07, 6.45) is 1.78. The zero-order valence-corrected chi connectivity index (χ0v) is 9.35. The number of sulfonamides is 1. The lowest BCUT2D eigenvalue weighted by molar-refractivity contribution is 0.598. The van der Waals surface area contributed by atoms with Gasteiger partial charge in [0.2, 0.25) is 10.0 Å². The standard InChI is InChI=1S/C10H12N2O2S/c1-6-3-8-7(2)5-12-10(8)9(4-6)15(11,13)14/h3-5,12H,1-2H3,(H2,11,13,14). The van der Waals surface area contributed by atoms with Crippen LogP contribution in [0, 0.1) is 13.8 Å². The SMILES string of the molecule is Cc1cc(S(N)(=O)=O)c2[nH]cc(C)c2c1. The van der Waals surface area contributed by atoms with Crippen molar-refractivity contribution >= 4 is 20.9 Å². The van der Waals surface area contributed by atoms with Crippen LogP contribution in [0.5, 0.6) is 0 Å². The predicted octanol–water partition coefficient (Wildman–Crippen LogP) is 1.43. The van der Waals surface area contributed by atoms with Gasteiger partial charge in [-0.05, 0) is 37.1 Å². The summed E-state index contributed by atoms with van der Waals surface area (Å²) in [6.45, 7) is 3.77. The maximum Gasteiger partial charge on any atom is 0.240 e. The third kappa shape index (κ3) is 1.64. The highest BCUT2D eigenvalue weighted by Crippen LogP contribution is 2.25. The van der Waals surface area contributed by atoms with Gasteiger partial charge in [0.15, 0.2) is 0 Å². The lowest BCUT2D eigenvalue weighted by Crippen LogP contribution is -2.12. The van der Waals surface area contributed by atoms with Crippen LogP contribution in [-0.2, 0) is 10.0 Å². The summed E-state index contributed by atoms with van der Waals surface area (Å²) >= 11 is 0. The first-order valence-corrected chi connectivity index (χ1v) is 6.05. The van der Waals surface area contributed by atoms with E-state index >= 15 is 0 Å². The summed E-state index contributed by atoms with van der Waals surface area (Å²) in [5, 5.41) is 6.06. The molecule has 0 spiro atoms. The van der Waals surface area contributed by atoms with E-state index in [0.717, 1.165) is 16.5 Å². The van der Waals surface area contributed by atoms with E-state index in [0.29, 0.717) is 5.52 Å². The summed E-state index contributed by atoms with van der Waals surface area (Å²) < 4.78 is 22.7. The maximum atomic E-state index is 11.4. The predicted molar refractivity (Wildman–Crippen MR) is 59.1 cm³/mol. The summed E-state index contributed by atoms with van der Waals surface area (Å²) in [7, 11) is -3.67. The Kier molecular flexibility index (Phi) is 2.09. The van der Waals surface area contributed by atoms with E-state index in [1.807, 2.05) is 19.9 Å². The quantitative estimate of drug-likeness (QED) is 0.768. The van der Waals surface area contributed by atoms with Crippen molar-refractivity contribution in [3.05, 3.63) is 29.5 Å². The molecule has 0 aliphatic heterocycles. The van der Waals surface area contributed by atoms with Gasteiger partial charge in [0.05, 0.1) is 5.52 Å². The molecule has 3 N–H and O–H groups in total. The van der Waals surface area contributed by atoms with E-state index in [4.69, 9.17) is 5.14 Å². The number of nitrogens with one attached hydrogen (secondary N) is 1. The van der Waals surface area contributed by atoms with Gasteiger partial charge in [-0.3, -0.25) is 0 Å². The van der Waals surface area contributed by atoms with Crippen LogP contribution in [0.3, 0.4) is 0 Å². The van der Waals surface area contributed by atoms with Gasteiger partial charge in [-0.25, -0.2) is 13.6 Å². The lowest BCUT2D eigenvalue weighted by Gasteiger charge is -2.02. The third-order valence-electron chi connectivity index (χ3n) is 2.41. The molecule has 15 heavy (non-hydrogen) atoms. The second-order valence-corrected chi connectivity index (χ2v) is 5.23. The molecular formula is C10H12N2O2S. The van der Waals surface area contributed by atoms with E-state index < -0.39 is 10.0 Å². The van der Waals surface area contributed by atoms with E-state index in [1.165, 1.54) is 0 Å². The van der Waals surface area contributed by atoms with E-state index in [-0.39, 0.29) is 4.90 Å². The molecule has 0 atom stereocenters. The molecule has 0 unspecified atom stereocenters. The molecule has 80 valence electrons. The minimum absolute atomic E-state index is 0.158. The van der Waals surface area contributed by atoms with Crippen LogP contribution < -0.4 is 5.14 Å². The molecule has 0 aliphatic carbocycles. The Hall–Kier alpha value is -1.33. The largest absolute Gasteiger partial charge is 0.360 e. The van der Waals surface area contributed by atoms with Gasteiger partial charge >= 0.3 is 0 Å². The molecule has 0 amide bonds. The molecule has 0 aliphatic rings. The highest BCUT2D eigenvalue weighted by Gasteiger charge is 2.15. The molecule has 0 radical (unpaired) electrons. The number of benzene rings is 1. The van der Waals surface area contributed by atoms with Gasteiger partial charge in [-0.15, -0.1) is 0 Å². The van der Waals surface area contributed by atoms with Gasteiger partial charge in [-0.2, -0.15) is 0 Å². The molecule has 5 heteroatoms. The maximum absolute atomic E-state index is 11.4. The van der Waals surface area contributed by atoms with Crippen molar-refractivity contribution in [3.63, 3.8) is 0 Å². The smallest absolute Gasteiger partial charge is 0.240 e. The molecule has 0 saturated heterocycles. The van der Waals surface area contributed by atoms with Crippen LogP contribution in [-0.4, -0.2) is 13.4 Å². The number of aryl methyl sites for hydroxylation is 2. The Bertz CT molecular complexity index is 626. The molecular weight excluding hydrogens is 212 g/mol. The number of hydrogen-bond acceptors (Lipinski definition) is 2. The summed E-state index contributed by atoms with van der Waals surface area (Å²) in [4.78, 5) is 3.09. The number of aromatic amines is 1. The van der Waals surface area contributed by atoms with Crippen molar-refractivity contribution < 1.29 is 8.42 Å². The Balaban J connectivity index is 2.97. The number of H-pyrrole nitrogens is 1. The van der Waals surface area contributed by atoms with Crippen LogP contribution in [0.2, 0.25) is 0 Å². The van der Waals surface area contributed by atoms with Crippen molar-refractivity contribution in [3.8, 4) is 0 Å². The molecule has 4 nitrogen and oxygen atoms in total. The average Bonchev–Trinajstić information content (AvgIpc) is 2.45. The van der Waals surface area contributed by atoms with Gasteiger partial charge in [0, 0.05) is 11.6 Å². The Morgan fingerprint density at radius 1 is 1.27 bits per heavy atom. The van der Waals surface area contributed by atoms with Crippen LogP contribution >= 0.6 is 0 Å². The number of primary sulfonamides is 1. The fourth-order valence-electron chi connectivity index (χ4n) is 1.70. The first-order chi connectivity index (χ1) is 6.89. The Morgan fingerprint density at radius 3 is 2.53 bits per heavy atom. The first-order valence-electron chi connectivity index (χ1n) is 4.51. The monoisotopic (exact) mass is 224 g/mol. The number of nitrogens with two attached hydrogens (primary N) is 1. The van der Waals surface area contributed by atoms with Crippen LogP contribution in [0.15, 0.2) is 23.2 Å². The van der Waals surface area contributed by atoms with Crippen molar-refractivity contribution in [2.45, 2.75) is 18.7 Å². The fraction of sp³-hybridized carbons (Fsp3) is 0.200. The zero-order chi connectivity index (χ0) is 11.2. The van der Waals surface area contributed by atoms with Crippen LogP contribution in [0.4, 0.5) is 0 Å². The normalized spacial score (nSPS) is 12.2. The summed E-state index contributed by atoms with van der Waals surface area (Å²) in [5.74, 6) is 0. The van der Waals surface area contributed by atoms with Crippen LogP contribution in [0.1, 0.15) is 11.1 Å². The van der Waals surface area contributed by atoms with E-state index in [1.54, 1.807) is 12.3 Å². The van der Waals surface area contributed by atoms with Crippen molar-refractivity contribution in [1.82, 2.24) is 4.98 Å². The number of rotatable bonds is 1. The molecule has 1 aromatic carbocycles. The Labute approximate surface area is 88.2 Å². The highest BCUT2D eigenvalue weighted by atomic mass is 32.2. The van der Waals surface area contributed by atoms with Crippen molar-refractivity contribution in [1.29, 1.82) is 0 Å². The first kappa shape index (κ1) is 10.2. The van der Waals surface area contributed by atoms with Gasteiger partial charge < -0.3 is 4.98 Å². The topological polar surface area (TPSA) is 76.0 Å². The molecule has 0 saturated carbocycles. The van der Waals surface area contributed by atoms with Gasteiger partial charge in [0.25, 0.3) is 0 Å². The molecule has 2 aromatic rings. The van der Waals surface area contributed by atoms with Crippen molar-refractivity contribution in [2.75, 3.05) is 0 Å². The highest BCUT2D eigenvalue weighted by molar-refractivity contribution is 7.89. The van der Waals surface area contributed by atoms with Gasteiger partial charge in [0.1, 0.15) is 4.90 Å². The molecule has 0 fully saturated rings. The second-order valence-electron chi connectivity index (χ2n) is 3.70. The van der Waals surface area contributed by atoms with E-state index in [9.17, 15) is 8.42 Å². The number of aromatic nitrogens is 1. The summed E-state index contributed by atoms with van der Waals surface area (Å²) in [6, 6.07) is 3.52. The number of hydrogen-bond donors (Lipinski definition) is 2. The summed E-state index contributed by atoms with van der Waals surface area (Å²) in [5.41, 5.74) is 2.48. The molecule has 2 rings (SSSR count). The van der Waals surface area contributed by atoms with Gasteiger partial charge in [-0.1, -0.05) is 0 Å². The Morgan fingerprint density at radius 2 is 1.93 bits per heavy atom. The van der Waals surface area contributed by atoms with Crippen molar-refractivity contribution in [2.24, 2.45) is 5.14 Å². The lowest BCUT2D eigenvalue weighted by atomic mass is 10.1. The third-order valence-corrected chi connectivity index (χ3v) is 3.35. The fourth-order valence-corrected chi connectivity index (χ4v) is 2.50. The van der Waals surface area contributed by atoms with E-state index in [2.05, 4.69) is 4.98 Å². The minimum atomic E-state index is -3.67. The molecule has 0 bridgehead atoms. The number of fused-ring (bicyclic) bond motifs is 1. The van der Waals surface area contributed by atoms with Crippen LogP contribution in [0.25, 0.3) is 10.9 Å². The average molecular weight is 224 g/mol.